The normalized spacial score (nSPS) is 16.0. The highest BCUT2D eigenvalue weighted by Crippen LogP contribution is 2.27. The zero-order valence-electron chi connectivity index (χ0n) is 12.4. The van der Waals surface area contributed by atoms with E-state index in [0.717, 1.165) is 41.6 Å². The van der Waals surface area contributed by atoms with Gasteiger partial charge in [0.05, 0.1) is 0 Å². The van der Waals surface area contributed by atoms with E-state index in [1.165, 1.54) is 12.8 Å². The molecule has 3 nitrogen and oxygen atoms in total. The van der Waals surface area contributed by atoms with E-state index < -0.39 is 0 Å². The molecule has 2 aromatic rings. The lowest BCUT2D eigenvalue weighted by molar-refractivity contribution is -0.117. The maximum absolute atomic E-state index is 12.0. The van der Waals surface area contributed by atoms with Crippen LogP contribution >= 0.6 is 0 Å². The number of aryl methyl sites for hydroxylation is 1. The van der Waals surface area contributed by atoms with Gasteiger partial charge in [-0.25, -0.2) is 0 Å². The van der Waals surface area contributed by atoms with Crippen LogP contribution in [0.5, 0.6) is 0 Å². The summed E-state index contributed by atoms with van der Waals surface area (Å²) in [5.41, 5.74) is 1.90. The van der Waals surface area contributed by atoms with Crippen molar-refractivity contribution >= 4 is 23.0 Å². The minimum atomic E-state index is -0.00534. The summed E-state index contributed by atoms with van der Waals surface area (Å²) in [6, 6.07) is 8.31. The van der Waals surface area contributed by atoms with Crippen molar-refractivity contribution in [1.82, 2.24) is 5.32 Å². The van der Waals surface area contributed by atoms with Crippen LogP contribution in [0.25, 0.3) is 17.0 Å². The highest BCUT2D eigenvalue weighted by molar-refractivity contribution is 5.96. The molecule has 0 radical (unpaired) electrons. The molecule has 110 valence electrons. The lowest BCUT2D eigenvalue weighted by Gasteiger charge is -2.08. The first-order valence-corrected chi connectivity index (χ1v) is 7.77. The molecule has 1 aromatic carbocycles. The standard InChI is InChI=1S/C18H21NO2/c1-2-16-15(14-9-5-6-10-17(14)21-16)11-12-18(20)19-13-7-3-4-8-13/h5-6,9-13H,2-4,7-8H2,1H3,(H,19,20). The van der Waals surface area contributed by atoms with Crippen molar-refractivity contribution in [2.45, 2.75) is 45.1 Å². The summed E-state index contributed by atoms with van der Waals surface area (Å²) in [6.07, 6.45) is 8.99. The van der Waals surface area contributed by atoms with E-state index in [2.05, 4.69) is 12.2 Å². The molecular formula is C18H21NO2. The van der Waals surface area contributed by atoms with Crippen molar-refractivity contribution < 1.29 is 9.21 Å². The Hall–Kier alpha value is -2.03. The third kappa shape index (κ3) is 3.02. The van der Waals surface area contributed by atoms with Gasteiger partial charge in [0.1, 0.15) is 11.3 Å². The zero-order valence-corrected chi connectivity index (χ0v) is 12.4. The van der Waals surface area contributed by atoms with Crippen LogP contribution in [0.15, 0.2) is 34.8 Å². The lowest BCUT2D eigenvalue weighted by Crippen LogP contribution is -2.30. The maximum Gasteiger partial charge on any atom is 0.244 e. The molecule has 3 heteroatoms. The number of nitrogens with one attached hydrogen (secondary N) is 1. The fourth-order valence-electron chi connectivity index (χ4n) is 3.04. The minimum absolute atomic E-state index is 0.00534. The van der Waals surface area contributed by atoms with Gasteiger partial charge < -0.3 is 9.73 Å². The van der Waals surface area contributed by atoms with Crippen LogP contribution in [-0.2, 0) is 11.2 Å². The van der Waals surface area contributed by atoms with Gasteiger partial charge in [-0.3, -0.25) is 4.79 Å². The molecule has 1 aromatic heterocycles. The third-order valence-electron chi connectivity index (χ3n) is 4.13. The number of furan rings is 1. The summed E-state index contributed by atoms with van der Waals surface area (Å²) in [5, 5.41) is 4.14. The molecular weight excluding hydrogens is 262 g/mol. The summed E-state index contributed by atoms with van der Waals surface area (Å²) in [4.78, 5) is 12.0. The molecule has 1 aliphatic carbocycles. The number of para-hydroxylation sites is 1. The Balaban J connectivity index is 1.79. The predicted octanol–water partition coefficient (Wildman–Crippen LogP) is 4.07. The first-order chi connectivity index (χ1) is 10.3. The SMILES string of the molecule is CCc1oc2ccccc2c1C=CC(=O)NC1CCCC1. The predicted molar refractivity (Wildman–Crippen MR) is 85.0 cm³/mol. The molecule has 1 N–H and O–H groups in total. The van der Waals surface area contributed by atoms with Crippen LogP contribution in [-0.4, -0.2) is 11.9 Å². The number of carbonyl (C=O) groups is 1. The average molecular weight is 283 g/mol. The van der Waals surface area contributed by atoms with E-state index in [1.54, 1.807) is 6.08 Å². The number of benzene rings is 1. The highest BCUT2D eigenvalue weighted by Gasteiger charge is 2.16. The molecule has 1 fully saturated rings. The Morgan fingerprint density at radius 2 is 2.10 bits per heavy atom. The van der Waals surface area contributed by atoms with Crippen LogP contribution in [0.3, 0.4) is 0 Å². The van der Waals surface area contributed by atoms with Gasteiger partial charge in [-0.1, -0.05) is 38.0 Å². The molecule has 0 aliphatic heterocycles. The van der Waals surface area contributed by atoms with E-state index in [9.17, 15) is 4.79 Å². The van der Waals surface area contributed by atoms with Gasteiger partial charge in [-0.05, 0) is 25.0 Å². The Bertz CT molecular complexity index is 663. The Labute approximate surface area is 125 Å². The van der Waals surface area contributed by atoms with E-state index in [0.29, 0.717) is 6.04 Å². The van der Waals surface area contributed by atoms with Crippen molar-refractivity contribution in [2.75, 3.05) is 0 Å². The fourth-order valence-corrected chi connectivity index (χ4v) is 3.04. The average Bonchev–Trinajstić information content (AvgIpc) is 3.12. The van der Waals surface area contributed by atoms with E-state index >= 15 is 0 Å². The number of fused-ring (bicyclic) bond motifs is 1. The largest absolute Gasteiger partial charge is 0.460 e. The first-order valence-electron chi connectivity index (χ1n) is 7.77. The molecule has 21 heavy (non-hydrogen) atoms. The monoisotopic (exact) mass is 283 g/mol. The molecule has 1 saturated carbocycles. The van der Waals surface area contributed by atoms with Crippen molar-refractivity contribution in [3.63, 3.8) is 0 Å². The Kier molecular flexibility index (Phi) is 4.09. The third-order valence-corrected chi connectivity index (χ3v) is 4.13. The summed E-state index contributed by atoms with van der Waals surface area (Å²) in [5.74, 6) is 0.926. The number of hydrogen-bond donors (Lipinski definition) is 1. The highest BCUT2D eigenvalue weighted by atomic mass is 16.3. The summed E-state index contributed by atoms with van der Waals surface area (Å²) >= 11 is 0. The second-order valence-electron chi connectivity index (χ2n) is 5.61. The Morgan fingerprint density at radius 1 is 1.33 bits per heavy atom. The van der Waals surface area contributed by atoms with Crippen molar-refractivity contribution in [1.29, 1.82) is 0 Å². The van der Waals surface area contributed by atoms with Gasteiger partial charge in [0.25, 0.3) is 0 Å². The molecule has 1 aliphatic rings. The van der Waals surface area contributed by atoms with Crippen LogP contribution in [0.1, 0.15) is 43.9 Å². The molecule has 0 unspecified atom stereocenters. The van der Waals surface area contributed by atoms with Crippen molar-refractivity contribution in [3.8, 4) is 0 Å². The molecule has 0 saturated heterocycles. The van der Waals surface area contributed by atoms with Gasteiger partial charge in [0.15, 0.2) is 0 Å². The van der Waals surface area contributed by atoms with Crippen LogP contribution in [0, 0.1) is 0 Å². The fraction of sp³-hybridized carbons (Fsp3) is 0.389. The Morgan fingerprint density at radius 3 is 2.86 bits per heavy atom. The second kappa shape index (κ2) is 6.17. The van der Waals surface area contributed by atoms with E-state index in [-0.39, 0.29) is 5.91 Å². The smallest absolute Gasteiger partial charge is 0.244 e. The molecule has 0 spiro atoms. The molecule has 1 heterocycles. The molecule has 0 atom stereocenters. The quantitative estimate of drug-likeness (QED) is 0.859. The topological polar surface area (TPSA) is 42.2 Å². The van der Waals surface area contributed by atoms with Gasteiger partial charge in [-0.2, -0.15) is 0 Å². The second-order valence-corrected chi connectivity index (χ2v) is 5.61. The van der Waals surface area contributed by atoms with Gasteiger partial charge in [-0.15, -0.1) is 0 Å². The van der Waals surface area contributed by atoms with Crippen LogP contribution in [0.2, 0.25) is 0 Å². The van der Waals surface area contributed by atoms with E-state index in [1.807, 2.05) is 30.3 Å². The molecule has 0 bridgehead atoms. The summed E-state index contributed by atoms with van der Waals surface area (Å²) < 4.78 is 5.83. The summed E-state index contributed by atoms with van der Waals surface area (Å²) in [7, 11) is 0. The molecule has 3 rings (SSSR count). The lowest BCUT2D eigenvalue weighted by atomic mass is 10.1. The van der Waals surface area contributed by atoms with Gasteiger partial charge in [0, 0.05) is 29.5 Å². The number of hydrogen-bond acceptors (Lipinski definition) is 2. The van der Waals surface area contributed by atoms with E-state index in [4.69, 9.17) is 4.42 Å². The minimum Gasteiger partial charge on any atom is -0.460 e. The van der Waals surface area contributed by atoms with Crippen molar-refractivity contribution in [2.24, 2.45) is 0 Å². The zero-order chi connectivity index (χ0) is 14.7. The van der Waals surface area contributed by atoms with Crippen LogP contribution in [0.4, 0.5) is 0 Å². The number of carbonyl (C=O) groups excluding carboxylic acids is 1. The summed E-state index contributed by atoms with van der Waals surface area (Å²) in [6.45, 7) is 2.06. The van der Waals surface area contributed by atoms with Gasteiger partial charge in [0.2, 0.25) is 5.91 Å². The van der Waals surface area contributed by atoms with Gasteiger partial charge >= 0.3 is 0 Å². The van der Waals surface area contributed by atoms with Crippen molar-refractivity contribution in [3.05, 3.63) is 41.7 Å². The molecule has 1 amide bonds. The van der Waals surface area contributed by atoms with Crippen LogP contribution < -0.4 is 5.32 Å². The number of rotatable bonds is 4. The first kappa shape index (κ1) is 13.9. The maximum atomic E-state index is 12.0. The number of amides is 1.